The highest BCUT2D eigenvalue weighted by Crippen LogP contribution is 2.43. The van der Waals surface area contributed by atoms with Crippen molar-refractivity contribution in [3.63, 3.8) is 0 Å². The molecule has 2 saturated heterocycles. The van der Waals surface area contributed by atoms with E-state index in [0.29, 0.717) is 37.4 Å². The molecule has 0 spiro atoms. The maximum atomic E-state index is 14.4. The lowest BCUT2D eigenvalue weighted by atomic mass is 9.79. The van der Waals surface area contributed by atoms with E-state index < -0.39 is 27.2 Å². The number of hydrogen-bond donors (Lipinski definition) is 1. The van der Waals surface area contributed by atoms with Crippen LogP contribution in [0.2, 0.25) is 0 Å². The minimum Gasteiger partial charge on any atom is -0.342 e. The number of piperazine rings is 1. The number of sulfone groups is 1. The normalized spacial score (nSPS) is 25.6. The standard InChI is InChI=1S/C40H55N3O5S/c1-6-26(7-2)36-37(44)41-35(31-22-27-12-8-9-13-28(27)23-31)39(46)43(36)25-30-14-10-11-15-34(30)49(47,48)33-18-20-42(21-19-33)38(45)29-16-17-32(24-29)40(3,4)5/h8-15,26,29,31-33,35-36H,6-7,16-25H2,1-5H3,(H,41,44)/t29?,32?,35-,36-/m1/s1. The molecule has 2 heterocycles. The van der Waals surface area contributed by atoms with Gasteiger partial charge in [0.1, 0.15) is 12.1 Å². The summed E-state index contributed by atoms with van der Waals surface area (Å²) in [5, 5.41) is 2.51. The number of likely N-dealkylation sites (tertiary alicyclic amines) is 1. The van der Waals surface area contributed by atoms with Crippen LogP contribution in [0.25, 0.3) is 0 Å². The highest BCUT2D eigenvalue weighted by Gasteiger charge is 2.47. The van der Waals surface area contributed by atoms with E-state index in [1.165, 1.54) is 11.1 Å². The van der Waals surface area contributed by atoms with Gasteiger partial charge in [-0.05, 0) is 90.9 Å². The smallest absolute Gasteiger partial charge is 0.246 e. The number of rotatable bonds is 9. The molecule has 2 aliphatic carbocycles. The molecule has 6 rings (SSSR count). The Balaban J connectivity index is 1.20. The molecule has 1 saturated carbocycles. The molecule has 3 amide bonds. The Morgan fingerprint density at radius 3 is 2.10 bits per heavy atom. The molecule has 9 heteroatoms. The van der Waals surface area contributed by atoms with Crippen LogP contribution in [-0.4, -0.2) is 66.4 Å². The van der Waals surface area contributed by atoms with Gasteiger partial charge in [0.2, 0.25) is 17.7 Å². The molecule has 0 radical (unpaired) electrons. The van der Waals surface area contributed by atoms with E-state index in [1.54, 1.807) is 23.1 Å². The predicted molar refractivity (Wildman–Crippen MR) is 191 cm³/mol. The van der Waals surface area contributed by atoms with E-state index in [4.69, 9.17) is 0 Å². The van der Waals surface area contributed by atoms with Crippen molar-refractivity contribution < 1.29 is 22.8 Å². The molecule has 8 nitrogen and oxygen atoms in total. The van der Waals surface area contributed by atoms with Crippen molar-refractivity contribution in [1.29, 1.82) is 0 Å². The van der Waals surface area contributed by atoms with E-state index in [1.807, 2.05) is 36.9 Å². The molecule has 4 atom stereocenters. The maximum Gasteiger partial charge on any atom is 0.246 e. The van der Waals surface area contributed by atoms with Gasteiger partial charge in [0.25, 0.3) is 0 Å². The average molecular weight is 690 g/mol. The van der Waals surface area contributed by atoms with Crippen LogP contribution in [0, 0.1) is 29.1 Å². The molecule has 2 aromatic rings. The lowest BCUT2D eigenvalue weighted by Crippen LogP contribution is -2.66. The number of benzene rings is 2. The van der Waals surface area contributed by atoms with Crippen LogP contribution in [0.5, 0.6) is 0 Å². The molecule has 0 bridgehead atoms. The number of nitrogens with one attached hydrogen (secondary N) is 1. The summed E-state index contributed by atoms with van der Waals surface area (Å²) >= 11 is 0. The van der Waals surface area contributed by atoms with E-state index in [0.717, 1.165) is 44.9 Å². The first-order valence-corrected chi connectivity index (χ1v) is 20.2. The molecular weight excluding hydrogens is 635 g/mol. The fourth-order valence-electron chi connectivity index (χ4n) is 9.20. The van der Waals surface area contributed by atoms with Gasteiger partial charge in [-0.2, -0.15) is 0 Å². The summed E-state index contributed by atoms with van der Waals surface area (Å²) in [4.78, 5) is 45.6. The molecule has 2 aliphatic heterocycles. The van der Waals surface area contributed by atoms with E-state index in [9.17, 15) is 22.8 Å². The van der Waals surface area contributed by atoms with Gasteiger partial charge >= 0.3 is 0 Å². The third-order valence-corrected chi connectivity index (χ3v) is 14.7. The monoisotopic (exact) mass is 689 g/mol. The zero-order valence-electron chi connectivity index (χ0n) is 30.0. The predicted octanol–water partition coefficient (Wildman–Crippen LogP) is 5.96. The van der Waals surface area contributed by atoms with Crippen molar-refractivity contribution in [3.8, 4) is 0 Å². The lowest BCUT2D eigenvalue weighted by molar-refractivity contribution is -0.154. The Labute approximate surface area is 293 Å². The largest absolute Gasteiger partial charge is 0.342 e. The van der Waals surface area contributed by atoms with E-state index in [-0.39, 0.29) is 52.3 Å². The first-order chi connectivity index (χ1) is 23.3. The number of fused-ring (bicyclic) bond motifs is 1. The van der Waals surface area contributed by atoms with Crippen LogP contribution >= 0.6 is 0 Å². The summed E-state index contributed by atoms with van der Waals surface area (Å²) in [5.41, 5.74) is 3.16. The molecule has 2 aromatic carbocycles. The summed E-state index contributed by atoms with van der Waals surface area (Å²) in [5.74, 6) is 0.365. The van der Waals surface area contributed by atoms with E-state index >= 15 is 0 Å². The number of amides is 3. The molecule has 266 valence electrons. The Kier molecular flexibility index (Phi) is 10.3. The van der Waals surface area contributed by atoms with Crippen LogP contribution in [0.15, 0.2) is 53.4 Å². The van der Waals surface area contributed by atoms with Crippen molar-refractivity contribution in [2.45, 2.75) is 121 Å². The number of carbonyl (C=O) groups excluding carboxylic acids is 3. The minimum absolute atomic E-state index is 0.0302. The second kappa shape index (κ2) is 14.2. The molecule has 4 aliphatic rings. The van der Waals surface area contributed by atoms with Gasteiger partial charge in [-0.25, -0.2) is 8.42 Å². The Hall–Kier alpha value is -3.20. The van der Waals surface area contributed by atoms with E-state index in [2.05, 4.69) is 38.2 Å². The first kappa shape index (κ1) is 35.6. The zero-order valence-corrected chi connectivity index (χ0v) is 30.8. The molecule has 49 heavy (non-hydrogen) atoms. The van der Waals surface area contributed by atoms with Crippen molar-refractivity contribution >= 4 is 27.6 Å². The van der Waals surface area contributed by atoms with Gasteiger partial charge in [-0.15, -0.1) is 0 Å². The van der Waals surface area contributed by atoms with Crippen molar-refractivity contribution in [2.24, 2.45) is 29.1 Å². The number of carbonyl (C=O) groups is 3. The zero-order chi connectivity index (χ0) is 35.1. The van der Waals surface area contributed by atoms with Gasteiger partial charge < -0.3 is 15.1 Å². The van der Waals surface area contributed by atoms with Crippen molar-refractivity contribution in [3.05, 3.63) is 65.2 Å². The number of hydrogen-bond acceptors (Lipinski definition) is 5. The summed E-state index contributed by atoms with van der Waals surface area (Å²) < 4.78 is 28.6. The van der Waals surface area contributed by atoms with Gasteiger partial charge in [-0.1, -0.05) is 89.9 Å². The fourth-order valence-corrected chi connectivity index (χ4v) is 11.2. The molecule has 2 unspecified atom stereocenters. The highest BCUT2D eigenvalue weighted by molar-refractivity contribution is 7.92. The Bertz CT molecular complexity index is 1630. The Morgan fingerprint density at radius 2 is 1.51 bits per heavy atom. The summed E-state index contributed by atoms with van der Waals surface area (Å²) in [7, 11) is -3.76. The van der Waals surface area contributed by atoms with Crippen molar-refractivity contribution in [1.82, 2.24) is 15.1 Å². The van der Waals surface area contributed by atoms with Crippen LogP contribution in [-0.2, 0) is 43.6 Å². The molecule has 1 N–H and O–H groups in total. The minimum atomic E-state index is -3.76. The fraction of sp³-hybridized carbons (Fsp3) is 0.625. The van der Waals surface area contributed by atoms with Crippen LogP contribution < -0.4 is 5.32 Å². The van der Waals surface area contributed by atoms with Crippen LogP contribution in [0.4, 0.5) is 0 Å². The topological polar surface area (TPSA) is 104 Å². The van der Waals surface area contributed by atoms with Gasteiger partial charge in [0, 0.05) is 25.6 Å². The first-order valence-electron chi connectivity index (χ1n) is 18.6. The van der Waals surface area contributed by atoms with Gasteiger partial charge in [0.05, 0.1) is 10.1 Å². The average Bonchev–Trinajstić information content (AvgIpc) is 3.76. The number of piperidine rings is 1. The summed E-state index contributed by atoms with van der Waals surface area (Å²) in [6, 6.07) is 13.9. The van der Waals surface area contributed by atoms with Crippen LogP contribution in [0.1, 0.15) is 96.3 Å². The second-order valence-electron chi connectivity index (χ2n) is 16.2. The highest BCUT2D eigenvalue weighted by atomic mass is 32.2. The SMILES string of the molecule is CCC(CC)[C@@H]1C(=O)N[C@H](C2Cc3ccccc3C2)C(=O)N1Cc1ccccc1S(=O)(=O)C1CCN(C(=O)C2CCC(C(C)(C)C)C2)CC1. The van der Waals surface area contributed by atoms with Crippen molar-refractivity contribution in [2.75, 3.05) is 13.1 Å². The van der Waals surface area contributed by atoms with Crippen LogP contribution in [0.3, 0.4) is 0 Å². The summed E-state index contributed by atoms with van der Waals surface area (Å²) in [6.07, 6.45) is 6.57. The molecule has 0 aromatic heterocycles. The second-order valence-corrected chi connectivity index (χ2v) is 18.4. The Morgan fingerprint density at radius 1 is 0.898 bits per heavy atom. The molecule has 3 fully saturated rings. The maximum absolute atomic E-state index is 14.4. The third kappa shape index (κ3) is 7.06. The third-order valence-electron chi connectivity index (χ3n) is 12.3. The lowest BCUT2D eigenvalue weighted by Gasteiger charge is -2.44. The summed E-state index contributed by atoms with van der Waals surface area (Å²) in [6.45, 7) is 11.7. The quantitative estimate of drug-likeness (QED) is 0.350. The molecular formula is C40H55N3O5S. The van der Waals surface area contributed by atoms with Gasteiger partial charge in [0.15, 0.2) is 9.84 Å². The van der Waals surface area contributed by atoms with Gasteiger partial charge in [-0.3, -0.25) is 14.4 Å². The number of nitrogens with zero attached hydrogens (tertiary/aromatic N) is 2.